The van der Waals surface area contributed by atoms with Crippen LogP contribution in [0.4, 0.5) is 4.39 Å². The van der Waals surface area contributed by atoms with Gasteiger partial charge in [-0.05, 0) is 46.5 Å². The normalized spacial score (nSPS) is 28.6. The van der Waals surface area contributed by atoms with E-state index in [-0.39, 0.29) is 11.9 Å². The number of halogens is 1. The third-order valence-electron chi connectivity index (χ3n) is 2.40. The molecule has 0 heterocycles. The van der Waals surface area contributed by atoms with Crippen LogP contribution in [0.1, 0.15) is 46.5 Å². The maximum absolute atomic E-state index is 12.8. The molecule has 1 fully saturated rings. The van der Waals surface area contributed by atoms with Gasteiger partial charge in [-0.15, -0.1) is 0 Å². The summed E-state index contributed by atoms with van der Waals surface area (Å²) in [5.74, 6) is -0.245. The van der Waals surface area contributed by atoms with Crippen LogP contribution in [0, 0.1) is 5.92 Å². The van der Waals surface area contributed by atoms with E-state index < -0.39 is 11.8 Å². The van der Waals surface area contributed by atoms with Crippen LogP contribution >= 0.6 is 0 Å². The highest BCUT2D eigenvalue weighted by Crippen LogP contribution is 2.28. The number of rotatable bonds is 1. The smallest absolute Gasteiger partial charge is 0.309 e. The van der Waals surface area contributed by atoms with E-state index in [1.165, 1.54) is 0 Å². The summed E-state index contributed by atoms with van der Waals surface area (Å²) in [5, 5.41) is 0. The molecule has 0 aromatic carbocycles. The van der Waals surface area contributed by atoms with E-state index in [0.29, 0.717) is 25.7 Å². The molecule has 14 heavy (non-hydrogen) atoms. The molecule has 0 atom stereocenters. The number of carbonyl (C=O) groups is 1. The van der Waals surface area contributed by atoms with Crippen molar-refractivity contribution in [1.29, 1.82) is 0 Å². The Bertz CT molecular complexity index is 200. The van der Waals surface area contributed by atoms with Crippen molar-refractivity contribution in [3.63, 3.8) is 0 Å². The van der Waals surface area contributed by atoms with Gasteiger partial charge in [0.15, 0.2) is 0 Å². The molecule has 1 aliphatic rings. The zero-order chi connectivity index (χ0) is 10.8. The van der Waals surface area contributed by atoms with Crippen molar-refractivity contribution >= 4 is 5.97 Å². The molecular weight excluding hydrogens is 183 g/mol. The highest BCUT2D eigenvalue weighted by Gasteiger charge is 2.29. The first-order valence-corrected chi connectivity index (χ1v) is 5.25. The molecule has 2 nitrogen and oxygen atoms in total. The summed E-state index contributed by atoms with van der Waals surface area (Å²) in [5.41, 5.74) is -0.427. The van der Waals surface area contributed by atoms with Gasteiger partial charge >= 0.3 is 5.97 Å². The van der Waals surface area contributed by atoms with Gasteiger partial charge in [0.2, 0.25) is 0 Å². The van der Waals surface area contributed by atoms with Crippen LogP contribution in [0.5, 0.6) is 0 Å². The first-order valence-electron chi connectivity index (χ1n) is 5.25. The van der Waals surface area contributed by atoms with Crippen molar-refractivity contribution in [2.75, 3.05) is 0 Å². The Morgan fingerprint density at radius 1 is 1.21 bits per heavy atom. The summed E-state index contributed by atoms with van der Waals surface area (Å²) in [6, 6.07) is 0. The number of ether oxygens (including phenoxy) is 1. The number of esters is 1. The number of carbonyl (C=O) groups excluding carboxylic acids is 1. The monoisotopic (exact) mass is 202 g/mol. The Morgan fingerprint density at radius 3 is 2.14 bits per heavy atom. The molecule has 82 valence electrons. The molecule has 1 rings (SSSR count). The first kappa shape index (κ1) is 11.5. The van der Waals surface area contributed by atoms with Gasteiger partial charge in [-0.2, -0.15) is 0 Å². The van der Waals surface area contributed by atoms with E-state index in [1.54, 1.807) is 0 Å². The molecule has 0 saturated heterocycles. The van der Waals surface area contributed by atoms with Gasteiger partial charge in [0.1, 0.15) is 11.8 Å². The molecule has 0 radical (unpaired) electrons. The average Bonchev–Trinajstić information content (AvgIpc) is 2.02. The SMILES string of the molecule is CC(C)(C)OC(=O)C1CCC(F)CC1. The predicted octanol–water partition coefficient (Wildman–Crippen LogP) is 2.86. The molecule has 0 spiro atoms. The molecule has 3 heteroatoms. The van der Waals surface area contributed by atoms with Gasteiger partial charge in [-0.25, -0.2) is 4.39 Å². The minimum Gasteiger partial charge on any atom is -0.460 e. The van der Waals surface area contributed by atoms with Crippen molar-refractivity contribution in [2.45, 2.75) is 58.2 Å². The second-order valence-corrected chi connectivity index (χ2v) is 4.98. The summed E-state index contributed by atoms with van der Waals surface area (Å²) in [6.45, 7) is 5.56. The summed E-state index contributed by atoms with van der Waals surface area (Å²) in [6.07, 6.45) is 1.56. The lowest BCUT2D eigenvalue weighted by atomic mass is 9.88. The van der Waals surface area contributed by atoms with E-state index in [0.717, 1.165) is 0 Å². The molecule has 0 aromatic heterocycles. The fourth-order valence-corrected chi connectivity index (χ4v) is 1.67. The number of hydrogen-bond acceptors (Lipinski definition) is 2. The quantitative estimate of drug-likeness (QED) is 0.611. The lowest BCUT2D eigenvalue weighted by molar-refractivity contribution is -0.161. The van der Waals surface area contributed by atoms with E-state index in [4.69, 9.17) is 4.74 Å². The van der Waals surface area contributed by atoms with Crippen molar-refractivity contribution in [2.24, 2.45) is 5.92 Å². The van der Waals surface area contributed by atoms with Gasteiger partial charge in [0.05, 0.1) is 5.92 Å². The number of hydrogen-bond donors (Lipinski definition) is 0. The second-order valence-electron chi connectivity index (χ2n) is 4.98. The summed E-state index contributed by atoms with van der Waals surface area (Å²) in [4.78, 5) is 11.6. The predicted molar refractivity (Wildman–Crippen MR) is 52.7 cm³/mol. The zero-order valence-corrected chi connectivity index (χ0v) is 9.18. The van der Waals surface area contributed by atoms with Crippen molar-refractivity contribution in [3.05, 3.63) is 0 Å². The van der Waals surface area contributed by atoms with Crippen LogP contribution in [0.3, 0.4) is 0 Å². The molecule has 0 unspecified atom stereocenters. The van der Waals surface area contributed by atoms with Gasteiger partial charge < -0.3 is 4.74 Å². The molecule has 0 aromatic rings. The molecule has 1 saturated carbocycles. The lowest BCUT2D eigenvalue weighted by Gasteiger charge is -2.27. The van der Waals surface area contributed by atoms with Gasteiger partial charge in [-0.3, -0.25) is 4.79 Å². The average molecular weight is 202 g/mol. The first-order chi connectivity index (χ1) is 6.38. The highest BCUT2D eigenvalue weighted by atomic mass is 19.1. The van der Waals surface area contributed by atoms with Gasteiger partial charge in [0, 0.05) is 0 Å². The summed E-state index contributed by atoms with van der Waals surface area (Å²) < 4.78 is 18.1. The van der Waals surface area contributed by atoms with Crippen molar-refractivity contribution in [1.82, 2.24) is 0 Å². The van der Waals surface area contributed by atoms with Crippen LogP contribution in [-0.2, 0) is 9.53 Å². The zero-order valence-electron chi connectivity index (χ0n) is 9.18. The highest BCUT2D eigenvalue weighted by molar-refractivity contribution is 5.72. The molecule has 1 aliphatic carbocycles. The molecule has 0 bridgehead atoms. The van der Waals surface area contributed by atoms with Crippen LogP contribution in [0.2, 0.25) is 0 Å². The lowest BCUT2D eigenvalue weighted by Crippen LogP contribution is -2.31. The Morgan fingerprint density at radius 2 is 1.71 bits per heavy atom. The van der Waals surface area contributed by atoms with Crippen molar-refractivity contribution < 1.29 is 13.9 Å². The Balaban J connectivity index is 2.38. The fourth-order valence-electron chi connectivity index (χ4n) is 1.67. The maximum Gasteiger partial charge on any atom is 0.309 e. The Kier molecular flexibility index (Phi) is 3.51. The van der Waals surface area contributed by atoms with Crippen LogP contribution in [0.25, 0.3) is 0 Å². The van der Waals surface area contributed by atoms with Crippen molar-refractivity contribution in [3.8, 4) is 0 Å². The van der Waals surface area contributed by atoms with Crippen LogP contribution in [-0.4, -0.2) is 17.7 Å². The number of alkyl halides is 1. The third kappa shape index (κ3) is 3.64. The third-order valence-corrected chi connectivity index (χ3v) is 2.40. The van der Waals surface area contributed by atoms with E-state index in [1.807, 2.05) is 20.8 Å². The standard InChI is InChI=1S/C11H19FO2/c1-11(2,3)14-10(13)8-4-6-9(12)7-5-8/h8-9H,4-7H2,1-3H3. The van der Waals surface area contributed by atoms with Gasteiger partial charge in [-0.1, -0.05) is 0 Å². The largest absolute Gasteiger partial charge is 0.460 e. The van der Waals surface area contributed by atoms with Crippen LogP contribution in [0.15, 0.2) is 0 Å². The maximum atomic E-state index is 12.8. The topological polar surface area (TPSA) is 26.3 Å². The van der Waals surface area contributed by atoms with E-state index in [9.17, 15) is 9.18 Å². The van der Waals surface area contributed by atoms with E-state index >= 15 is 0 Å². The molecular formula is C11H19FO2. The van der Waals surface area contributed by atoms with Gasteiger partial charge in [0.25, 0.3) is 0 Å². The summed E-state index contributed by atoms with van der Waals surface area (Å²) in [7, 11) is 0. The molecule has 0 amide bonds. The van der Waals surface area contributed by atoms with Crippen LogP contribution < -0.4 is 0 Å². The molecule has 0 aliphatic heterocycles. The Labute approximate surface area is 84.8 Å². The minimum atomic E-state index is -0.714. The fraction of sp³-hybridized carbons (Fsp3) is 0.909. The van der Waals surface area contributed by atoms with E-state index in [2.05, 4.69) is 0 Å². The minimum absolute atomic E-state index is 0.0822. The Hall–Kier alpha value is -0.600. The molecule has 0 N–H and O–H groups in total. The second kappa shape index (κ2) is 4.28. The summed E-state index contributed by atoms with van der Waals surface area (Å²) >= 11 is 0.